The molecular formula is C16H19N5O2S. The summed E-state index contributed by atoms with van der Waals surface area (Å²) >= 11 is 1.40. The van der Waals surface area contributed by atoms with E-state index in [2.05, 4.69) is 22.1 Å². The van der Waals surface area contributed by atoms with Gasteiger partial charge in [0, 0.05) is 24.6 Å². The Kier molecular flexibility index (Phi) is 4.84. The molecular weight excluding hydrogens is 326 g/mol. The van der Waals surface area contributed by atoms with Gasteiger partial charge in [-0.1, -0.05) is 31.2 Å². The lowest BCUT2D eigenvalue weighted by atomic mass is 10.3. The van der Waals surface area contributed by atoms with Crippen molar-refractivity contribution in [3.05, 3.63) is 56.5 Å². The molecule has 1 N–H and O–H groups in total. The maximum absolute atomic E-state index is 12.2. The quantitative estimate of drug-likeness (QED) is 0.691. The van der Waals surface area contributed by atoms with E-state index in [4.69, 9.17) is 0 Å². The first-order valence-corrected chi connectivity index (χ1v) is 8.84. The summed E-state index contributed by atoms with van der Waals surface area (Å²) in [5.41, 5.74) is 1.97. The Morgan fingerprint density at radius 1 is 1.33 bits per heavy atom. The number of nitrogens with one attached hydrogen (secondary N) is 1. The number of fused-ring (bicyclic) bond motifs is 1. The molecule has 0 fully saturated rings. The number of thioether (sulfide) groups is 1. The fraction of sp³-hybridized carbons (Fsp3) is 0.375. The first-order chi connectivity index (χ1) is 11.6. The van der Waals surface area contributed by atoms with Crippen LogP contribution in [0.5, 0.6) is 0 Å². The third kappa shape index (κ3) is 3.28. The topological polar surface area (TPSA) is 85.0 Å². The second-order valence-electron chi connectivity index (χ2n) is 5.58. The van der Waals surface area contributed by atoms with Crippen LogP contribution in [-0.2, 0) is 12.3 Å². The van der Waals surface area contributed by atoms with Crippen molar-refractivity contribution in [2.45, 2.75) is 44.1 Å². The Morgan fingerprint density at radius 3 is 2.96 bits per heavy atom. The molecule has 126 valence electrons. The second kappa shape index (κ2) is 7.04. The summed E-state index contributed by atoms with van der Waals surface area (Å²) in [6.45, 7) is 4.64. The number of nitrogens with zero attached hydrogens (tertiary/aromatic N) is 4. The van der Waals surface area contributed by atoms with Gasteiger partial charge in [-0.15, -0.1) is 5.10 Å². The van der Waals surface area contributed by atoms with Gasteiger partial charge in [-0.3, -0.25) is 13.8 Å². The summed E-state index contributed by atoms with van der Waals surface area (Å²) in [4.78, 5) is 28.6. The zero-order valence-electron chi connectivity index (χ0n) is 13.7. The van der Waals surface area contributed by atoms with Crippen LogP contribution in [0.15, 0.2) is 39.1 Å². The molecule has 3 rings (SSSR count). The average molecular weight is 345 g/mol. The second-order valence-corrected chi connectivity index (χ2v) is 6.52. The Balaban J connectivity index is 1.85. The van der Waals surface area contributed by atoms with Crippen molar-refractivity contribution < 1.29 is 0 Å². The van der Waals surface area contributed by atoms with Gasteiger partial charge in [0.2, 0.25) is 0 Å². The Bertz CT molecular complexity index is 972. The number of pyridine rings is 1. The van der Waals surface area contributed by atoms with Crippen molar-refractivity contribution in [3.8, 4) is 0 Å². The Morgan fingerprint density at radius 2 is 2.17 bits per heavy atom. The lowest BCUT2D eigenvalue weighted by molar-refractivity contribution is 0.573. The van der Waals surface area contributed by atoms with Gasteiger partial charge in [-0.25, -0.2) is 14.9 Å². The van der Waals surface area contributed by atoms with Gasteiger partial charge in [0.25, 0.3) is 5.56 Å². The summed E-state index contributed by atoms with van der Waals surface area (Å²) in [6.07, 6.45) is 3.64. The van der Waals surface area contributed by atoms with Gasteiger partial charge in [0.1, 0.15) is 5.65 Å². The smallest absolute Gasteiger partial charge is 0.270 e. The van der Waals surface area contributed by atoms with Gasteiger partial charge in [0.15, 0.2) is 5.16 Å². The largest absolute Gasteiger partial charge is 0.343 e. The molecule has 8 heteroatoms. The molecule has 3 aromatic heterocycles. The fourth-order valence-corrected chi connectivity index (χ4v) is 3.31. The standard InChI is InChI=1S/C16H19N5O2S/c1-3-4-7-21-15(23)18-19-16(21)24-10-12-9-13(22)20-8-5-6-11(2)14(20)17-12/h5-6,8-9H,3-4,7,10H2,1-2H3,(H,18,23). The number of hydrogen-bond acceptors (Lipinski definition) is 5. The van der Waals surface area contributed by atoms with Crippen molar-refractivity contribution in [2.75, 3.05) is 0 Å². The number of hydrogen-bond donors (Lipinski definition) is 1. The van der Waals surface area contributed by atoms with Gasteiger partial charge in [-0.05, 0) is 25.0 Å². The predicted octanol–water partition coefficient (Wildman–Crippen LogP) is 1.98. The third-order valence-corrected chi connectivity index (χ3v) is 4.76. The van der Waals surface area contributed by atoms with Crippen molar-refractivity contribution >= 4 is 17.4 Å². The van der Waals surface area contributed by atoms with Crippen LogP contribution in [-0.4, -0.2) is 24.1 Å². The molecule has 0 aliphatic rings. The third-order valence-electron chi connectivity index (χ3n) is 3.75. The van der Waals surface area contributed by atoms with Crippen molar-refractivity contribution in [1.29, 1.82) is 0 Å². The van der Waals surface area contributed by atoms with E-state index in [1.54, 1.807) is 10.8 Å². The zero-order valence-corrected chi connectivity index (χ0v) is 14.5. The number of aromatic nitrogens is 5. The van der Waals surface area contributed by atoms with Crippen LogP contribution in [0.2, 0.25) is 0 Å². The Labute approximate surface area is 142 Å². The molecule has 0 bridgehead atoms. The highest BCUT2D eigenvalue weighted by atomic mass is 32.2. The molecule has 0 radical (unpaired) electrons. The number of rotatable bonds is 6. The first-order valence-electron chi connectivity index (χ1n) is 7.86. The van der Waals surface area contributed by atoms with E-state index in [-0.39, 0.29) is 11.2 Å². The lowest BCUT2D eigenvalue weighted by Gasteiger charge is -2.07. The van der Waals surface area contributed by atoms with Gasteiger partial charge in [0.05, 0.1) is 5.69 Å². The van der Waals surface area contributed by atoms with Crippen molar-refractivity contribution in [2.24, 2.45) is 0 Å². The minimum absolute atomic E-state index is 0.107. The van der Waals surface area contributed by atoms with Crippen LogP contribution in [0.3, 0.4) is 0 Å². The van der Waals surface area contributed by atoms with E-state index in [1.807, 2.05) is 19.1 Å². The summed E-state index contributed by atoms with van der Waals surface area (Å²) in [7, 11) is 0. The van der Waals surface area contributed by atoms with E-state index >= 15 is 0 Å². The van der Waals surface area contributed by atoms with Gasteiger partial charge < -0.3 is 0 Å². The van der Waals surface area contributed by atoms with E-state index < -0.39 is 0 Å². The lowest BCUT2D eigenvalue weighted by Crippen LogP contribution is -2.18. The molecule has 0 aliphatic heterocycles. The van der Waals surface area contributed by atoms with E-state index in [0.29, 0.717) is 28.8 Å². The molecule has 0 aliphatic carbocycles. The van der Waals surface area contributed by atoms with Crippen LogP contribution < -0.4 is 11.2 Å². The number of aromatic amines is 1. The molecule has 0 saturated carbocycles. The molecule has 24 heavy (non-hydrogen) atoms. The minimum Gasteiger partial charge on any atom is -0.270 e. The van der Waals surface area contributed by atoms with Crippen LogP contribution in [0.25, 0.3) is 5.65 Å². The Hall–Kier alpha value is -2.35. The van der Waals surface area contributed by atoms with Crippen molar-refractivity contribution in [3.63, 3.8) is 0 Å². The zero-order chi connectivity index (χ0) is 17.1. The molecule has 3 heterocycles. The van der Waals surface area contributed by atoms with Crippen LogP contribution >= 0.6 is 11.8 Å². The maximum atomic E-state index is 12.2. The molecule has 0 spiro atoms. The number of H-pyrrole nitrogens is 1. The fourth-order valence-electron chi connectivity index (χ4n) is 2.45. The summed E-state index contributed by atoms with van der Waals surface area (Å²) in [5, 5.41) is 7.17. The van der Waals surface area contributed by atoms with Gasteiger partial charge >= 0.3 is 5.69 Å². The first kappa shape index (κ1) is 16.5. The molecule has 7 nitrogen and oxygen atoms in total. The summed E-state index contributed by atoms with van der Waals surface area (Å²) in [5.74, 6) is 0.483. The number of aryl methyl sites for hydroxylation is 1. The van der Waals surface area contributed by atoms with E-state index in [1.165, 1.54) is 22.2 Å². The van der Waals surface area contributed by atoms with Crippen molar-refractivity contribution in [1.82, 2.24) is 24.1 Å². The van der Waals surface area contributed by atoms with Crippen LogP contribution in [0, 0.1) is 6.92 Å². The van der Waals surface area contributed by atoms with Crippen LogP contribution in [0.1, 0.15) is 31.0 Å². The summed E-state index contributed by atoms with van der Waals surface area (Å²) in [6, 6.07) is 5.28. The van der Waals surface area contributed by atoms with Crippen LogP contribution in [0.4, 0.5) is 0 Å². The molecule has 0 amide bonds. The van der Waals surface area contributed by atoms with E-state index in [9.17, 15) is 9.59 Å². The molecule has 3 aromatic rings. The maximum Gasteiger partial charge on any atom is 0.343 e. The average Bonchev–Trinajstić information content (AvgIpc) is 2.92. The van der Waals surface area contributed by atoms with Gasteiger partial charge in [-0.2, -0.15) is 0 Å². The summed E-state index contributed by atoms with van der Waals surface area (Å²) < 4.78 is 3.17. The monoisotopic (exact) mass is 345 g/mol. The SMILES string of the molecule is CCCCn1c(SCc2cc(=O)n3cccc(C)c3n2)n[nH]c1=O. The minimum atomic E-state index is -0.201. The highest BCUT2D eigenvalue weighted by Gasteiger charge is 2.10. The highest BCUT2D eigenvalue weighted by molar-refractivity contribution is 7.98. The predicted molar refractivity (Wildman–Crippen MR) is 93.5 cm³/mol. The molecule has 0 unspecified atom stereocenters. The normalized spacial score (nSPS) is 11.2. The molecule has 0 atom stereocenters. The highest BCUT2D eigenvalue weighted by Crippen LogP contribution is 2.19. The molecule has 0 aromatic carbocycles. The van der Waals surface area contributed by atoms with E-state index in [0.717, 1.165) is 18.4 Å². The number of unbranched alkanes of at least 4 members (excludes halogenated alkanes) is 1. The molecule has 0 saturated heterocycles.